The van der Waals surface area contributed by atoms with E-state index in [0.29, 0.717) is 37.5 Å². The Kier molecular flexibility index (Phi) is 4.20. The Morgan fingerprint density at radius 1 is 1.38 bits per heavy atom. The van der Waals surface area contributed by atoms with E-state index in [2.05, 4.69) is 14.9 Å². The molecule has 2 aliphatic rings. The molecule has 1 aromatic carbocycles. The lowest BCUT2D eigenvalue weighted by Gasteiger charge is -2.27. The van der Waals surface area contributed by atoms with Crippen LogP contribution in [0.3, 0.4) is 0 Å². The van der Waals surface area contributed by atoms with Crippen LogP contribution in [-0.2, 0) is 25.9 Å². The highest BCUT2D eigenvalue weighted by molar-refractivity contribution is 5.43. The number of nitrogens with zero attached hydrogens (tertiary/aromatic N) is 3. The first-order valence-corrected chi connectivity index (χ1v) is 8.79. The van der Waals surface area contributed by atoms with Crippen molar-refractivity contribution in [2.75, 3.05) is 6.54 Å². The fraction of sp³-hybridized carbons (Fsp3) is 0.444. The number of rotatable bonds is 5. The number of aromatic hydroxyl groups is 1. The number of non-ortho nitro benzene ring substituents is 1. The van der Waals surface area contributed by atoms with Crippen molar-refractivity contribution in [1.82, 2.24) is 14.9 Å². The molecule has 2 heterocycles. The predicted octanol–water partition coefficient (Wildman–Crippen LogP) is 1.89. The van der Waals surface area contributed by atoms with E-state index in [4.69, 9.17) is 0 Å². The van der Waals surface area contributed by atoms with Crippen molar-refractivity contribution in [3.8, 4) is 5.75 Å². The number of benzene rings is 1. The van der Waals surface area contributed by atoms with Gasteiger partial charge in [0.25, 0.3) is 11.2 Å². The molecule has 8 nitrogen and oxygen atoms in total. The summed E-state index contributed by atoms with van der Waals surface area (Å²) in [5.74, 6) is 1.42. The summed E-state index contributed by atoms with van der Waals surface area (Å²) in [5, 5.41) is 21.0. The lowest BCUT2D eigenvalue weighted by atomic mass is 10.0. The van der Waals surface area contributed by atoms with E-state index >= 15 is 0 Å². The van der Waals surface area contributed by atoms with Crippen LogP contribution in [0.5, 0.6) is 5.75 Å². The second-order valence-corrected chi connectivity index (χ2v) is 7.12. The molecular weight excluding hydrogens is 336 g/mol. The molecule has 136 valence electrons. The summed E-state index contributed by atoms with van der Waals surface area (Å²) in [7, 11) is 0. The molecule has 2 aromatic rings. The van der Waals surface area contributed by atoms with Crippen LogP contribution in [0.15, 0.2) is 23.0 Å². The van der Waals surface area contributed by atoms with Gasteiger partial charge < -0.3 is 10.1 Å². The average Bonchev–Trinajstić information content (AvgIpc) is 3.40. The van der Waals surface area contributed by atoms with Gasteiger partial charge in [0.2, 0.25) is 0 Å². The summed E-state index contributed by atoms with van der Waals surface area (Å²) in [6.45, 7) is 1.51. The Bertz CT molecular complexity index is 920. The average molecular weight is 356 g/mol. The van der Waals surface area contributed by atoms with Gasteiger partial charge in [0.1, 0.15) is 11.6 Å². The number of phenolic OH excluding ortho intramolecular Hbond substituents is 1. The van der Waals surface area contributed by atoms with Crippen molar-refractivity contribution in [2.45, 2.75) is 38.8 Å². The van der Waals surface area contributed by atoms with Gasteiger partial charge in [0, 0.05) is 49.3 Å². The lowest BCUT2D eigenvalue weighted by molar-refractivity contribution is -0.385. The van der Waals surface area contributed by atoms with Gasteiger partial charge in [-0.05, 0) is 31.2 Å². The van der Waals surface area contributed by atoms with Crippen LogP contribution in [0.1, 0.15) is 35.5 Å². The van der Waals surface area contributed by atoms with Crippen molar-refractivity contribution >= 4 is 5.69 Å². The molecular formula is C18H20N4O4. The van der Waals surface area contributed by atoms with Gasteiger partial charge >= 0.3 is 0 Å². The topological polar surface area (TPSA) is 112 Å². The summed E-state index contributed by atoms with van der Waals surface area (Å²) in [6, 6.07) is 4.03. The molecule has 2 N–H and O–H groups in total. The summed E-state index contributed by atoms with van der Waals surface area (Å²) >= 11 is 0. The van der Waals surface area contributed by atoms with E-state index in [1.807, 2.05) is 0 Å². The second-order valence-electron chi connectivity index (χ2n) is 7.12. The van der Waals surface area contributed by atoms with Crippen molar-refractivity contribution in [3.63, 3.8) is 0 Å². The minimum Gasteiger partial charge on any atom is -0.508 e. The van der Waals surface area contributed by atoms with Crippen LogP contribution < -0.4 is 5.56 Å². The summed E-state index contributed by atoms with van der Waals surface area (Å²) in [5.41, 5.74) is 1.91. The Morgan fingerprint density at radius 3 is 2.92 bits per heavy atom. The summed E-state index contributed by atoms with van der Waals surface area (Å²) in [4.78, 5) is 32.4. The van der Waals surface area contributed by atoms with E-state index in [1.165, 1.54) is 31.0 Å². The van der Waals surface area contributed by atoms with Gasteiger partial charge in [-0.15, -0.1) is 0 Å². The number of hydrogen-bond donors (Lipinski definition) is 2. The van der Waals surface area contributed by atoms with Gasteiger partial charge in [0.15, 0.2) is 0 Å². The van der Waals surface area contributed by atoms with Crippen LogP contribution in [0.4, 0.5) is 5.69 Å². The lowest BCUT2D eigenvalue weighted by Crippen LogP contribution is -2.35. The molecule has 4 rings (SSSR count). The molecule has 0 bridgehead atoms. The van der Waals surface area contributed by atoms with Crippen LogP contribution >= 0.6 is 0 Å². The zero-order valence-corrected chi connectivity index (χ0v) is 14.3. The number of aromatic amines is 1. The summed E-state index contributed by atoms with van der Waals surface area (Å²) < 4.78 is 0. The monoisotopic (exact) mass is 356 g/mol. The number of phenols is 1. The van der Waals surface area contributed by atoms with E-state index in [1.54, 1.807) is 0 Å². The molecule has 0 spiro atoms. The Labute approximate surface area is 149 Å². The molecule has 1 aliphatic carbocycles. The number of fused-ring (bicyclic) bond motifs is 1. The minimum absolute atomic E-state index is 0.0367. The number of nitro groups is 1. The van der Waals surface area contributed by atoms with Crippen molar-refractivity contribution in [2.24, 2.45) is 5.92 Å². The zero-order chi connectivity index (χ0) is 18.3. The maximum Gasteiger partial charge on any atom is 0.270 e. The van der Waals surface area contributed by atoms with Gasteiger partial charge in [-0.25, -0.2) is 4.98 Å². The third-order valence-electron chi connectivity index (χ3n) is 5.05. The molecule has 1 fully saturated rings. The number of nitro benzene ring substituents is 1. The Morgan fingerprint density at radius 2 is 2.19 bits per heavy atom. The third kappa shape index (κ3) is 3.45. The van der Waals surface area contributed by atoms with Crippen molar-refractivity contribution < 1.29 is 10.0 Å². The molecule has 1 aliphatic heterocycles. The normalized spacial score (nSPS) is 17.1. The van der Waals surface area contributed by atoms with E-state index in [0.717, 1.165) is 23.5 Å². The largest absolute Gasteiger partial charge is 0.508 e. The number of hydrogen-bond acceptors (Lipinski definition) is 6. The first-order chi connectivity index (χ1) is 12.5. The van der Waals surface area contributed by atoms with Crippen molar-refractivity contribution in [3.05, 3.63) is 61.3 Å². The van der Waals surface area contributed by atoms with Crippen LogP contribution in [0, 0.1) is 16.0 Å². The number of aromatic nitrogens is 2. The van der Waals surface area contributed by atoms with Crippen LogP contribution in [-0.4, -0.2) is 31.4 Å². The molecule has 8 heteroatoms. The SMILES string of the molecule is O=c1[nH]c(CC2CC2)nc2c1CCN(Cc1cc([N+](=O)[O-])ccc1O)C2. The molecule has 1 aromatic heterocycles. The predicted molar refractivity (Wildman–Crippen MR) is 93.9 cm³/mol. The van der Waals surface area contributed by atoms with Crippen LogP contribution in [0.25, 0.3) is 0 Å². The standard InChI is InChI=1S/C18H20N4O4/c23-16-4-3-13(22(25)26)8-12(16)9-21-6-5-14-15(10-21)19-17(20-18(14)24)7-11-1-2-11/h3-4,8,11,23H,1-2,5-7,9-10H2,(H,19,20,24). The Balaban J connectivity index is 1.54. The molecule has 26 heavy (non-hydrogen) atoms. The van der Waals surface area contributed by atoms with Gasteiger partial charge in [-0.2, -0.15) is 0 Å². The van der Waals surface area contributed by atoms with E-state index in [9.17, 15) is 20.0 Å². The number of H-pyrrole nitrogens is 1. The maximum atomic E-state index is 12.3. The Hall–Kier alpha value is -2.74. The van der Waals surface area contributed by atoms with Crippen molar-refractivity contribution in [1.29, 1.82) is 0 Å². The number of nitrogens with one attached hydrogen (secondary N) is 1. The van der Waals surface area contributed by atoms with Gasteiger partial charge in [-0.1, -0.05) is 0 Å². The molecule has 0 unspecified atom stereocenters. The highest BCUT2D eigenvalue weighted by Crippen LogP contribution is 2.32. The molecule has 0 saturated heterocycles. The highest BCUT2D eigenvalue weighted by Gasteiger charge is 2.26. The fourth-order valence-corrected chi connectivity index (χ4v) is 3.43. The maximum absolute atomic E-state index is 12.3. The van der Waals surface area contributed by atoms with Gasteiger partial charge in [-0.3, -0.25) is 19.8 Å². The molecule has 0 radical (unpaired) electrons. The quantitative estimate of drug-likeness (QED) is 0.625. The second kappa shape index (κ2) is 6.53. The third-order valence-corrected chi connectivity index (χ3v) is 5.05. The molecule has 0 amide bonds. The van der Waals surface area contributed by atoms with E-state index in [-0.39, 0.29) is 17.0 Å². The minimum atomic E-state index is -0.473. The first kappa shape index (κ1) is 16.7. The van der Waals surface area contributed by atoms with Crippen LogP contribution in [0.2, 0.25) is 0 Å². The van der Waals surface area contributed by atoms with Gasteiger partial charge in [0.05, 0.1) is 10.6 Å². The van der Waals surface area contributed by atoms with E-state index < -0.39 is 4.92 Å². The zero-order valence-electron chi connectivity index (χ0n) is 14.3. The molecule has 1 saturated carbocycles. The fourth-order valence-electron chi connectivity index (χ4n) is 3.43. The smallest absolute Gasteiger partial charge is 0.270 e. The first-order valence-electron chi connectivity index (χ1n) is 8.79. The molecule has 0 atom stereocenters. The highest BCUT2D eigenvalue weighted by atomic mass is 16.6. The summed E-state index contributed by atoms with van der Waals surface area (Å²) in [6.07, 6.45) is 3.78.